The first kappa shape index (κ1) is 14.2. The monoisotopic (exact) mass is 318 g/mol. The van der Waals surface area contributed by atoms with Gasteiger partial charge in [0.15, 0.2) is 0 Å². The summed E-state index contributed by atoms with van der Waals surface area (Å²) in [4.78, 5) is 11.7. The summed E-state index contributed by atoms with van der Waals surface area (Å²) in [5.74, 6) is 0.553. The summed E-state index contributed by atoms with van der Waals surface area (Å²) >= 11 is 17.4. The van der Waals surface area contributed by atoms with Crippen molar-refractivity contribution in [2.45, 2.75) is 6.54 Å². The number of para-hydroxylation sites is 1. The lowest BCUT2D eigenvalue weighted by molar-refractivity contribution is 0.288. The third kappa shape index (κ3) is 3.41. The van der Waals surface area contributed by atoms with Gasteiger partial charge < -0.3 is 4.74 Å². The van der Waals surface area contributed by atoms with Crippen molar-refractivity contribution >= 4 is 34.8 Å². The van der Waals surface area contributed by atoms with E-state index in [0.717, 1.165) is 0 Å². The predicted octanol–water partition coefficient (Wildman–Crippen LogP) is 3.28. The van der Waals surface area contributed by atoms with Gasteiger partial charge in [-0.15, -0.1) is 0 Å². The Hall–Kier alpha value is -1.23. The highest BCUT2D eigenvalue weighted by Gasteiger charge is 2.07. The Balaban J connectivity index is 2.03. The van der Waals surface area contributed by atoms with Gasteiger partial charge in [0, 0.05) is 0 Å². The zero-order valence-electron chi connectivity index (χ0n) is 9.65. The smallest absolute Gasteiger partial charge is 0.287 e. The molecule has 2 rings (SSSR count). The second kappa shape index (κ2) is 6.28. The molecular weight excluding hydrogens is 311 g/mol. The van der Waals surface area contributed by atoms with Gasteiger partial charge in [-0.3, -0.25) is 4.79 Å². The summed E-state index contributed by atoms with van der Waals surface area (Å²) in [7, 11) is 0. The molecular formula is C12H9Cl3N2O2. The van der Waals surface area contributed by atoms with Crippen molar-refractivity contribution in [3.8, 4) is 5.75 Å². The normalized spacial score (nSPS) is 10.5. The molecule has 100 valence electrons. The fourth-order valence-corrected chi connectivity index (χ4v) is 1.87. The number of hydrogen-bond donors (Lipinski definition) is 0. The maximum Gasteiger partial charge on any atom is 0.287 e. The van der Waals surface area contributed by atoms with Gasteiger partial charge in [0.05, 0.1) is 22.8 Å². The van der Waals surface area contributed by atoms with E-state index in [1.54, 1.807) is 18.2 Å². The highest BCUT2D eigenvalue weighted by atomic mass is 35.5. The molecule has 1 aromatic heterocycles. The van der Waals surface area contributed by atoms with Crippen LogP contribution < -0.4 is 10.3 Å². The van der Waals surface area contributed by atoms with E-state index in [-0.39, 0.29) is 23.2 Å². The van der Waals surface area contributed by atoms with Gasteiger partial charge in [-0.1, -0.05) is 46.9 Å². The van der Waals surface area contributed by atoms with Gasteiger partial charge in [0.2, 0.25) is 0 Å². The van der Waals surface area contributed by atoms with Gasteiger partial charge in [0.1, 0.15) is 17.4 Å². The van der Waals surface area contributed by atoms with E-state index in [0.29, 0.717) is 10.8 Å². The highest BCUT2D eigenvalue weighted by molar-refractivity contribution is 6.41. The molecule has 2 aromatic rings. The van der Waals surface area contributed by atoms with Crippen LogP contribution in [0.1, 0.15) is 0 Å². The van der Waals surface area contributed by atoms with E-state index < -0.39 is 5.56 Å². The number of aromatic nitrogens is 2. The minimum atomic E-state index is -0.447. The van der Waals surface area contributed by atoms with Crippen LogP contribution in [0.3, 0.4) is 0 Å². The van der Waals surface area contributed by atoms with Gasteiger partial charge in [-0.25, -0.2) is 4.68 Å². The summed E-state index contributed by atoms with van der Waals surface area (Å²) in [6.45, 7) is 0.496. The Bertz CT molecular complexity index is 643. The Kier molecular flexibility index (Phi) is 4.69. The summed E-state index contributed by atoms with van der Waals surface area (Å²) in [5.41, 5.74) is -0.447. The van der Waals surface area contributed by atoms with Crippen molar-refractivity contribution in [1.82, 2.24) is 9.78 Å². The van der Waals surface area contributed by atoms with Crippen LogP contribution in [-0.2, 0) is 6.54 Å². The summed E-state index contributed by atoms with van der Waals surface area (Å²) in [6, 6.07) is 7.08. The number of rotatable bonds is 4. The Morgan fingerprint density at radius 3 is 2.63 bits per heavy atom. The number of nitrogens with zero attached hydrogens (tertiary/aromatic N) is 2. The van der Waals surface area contributed by atoms with Crippen LogP contribution in [0.2, 0.25) is 15.1 Å². The van der Waals surface area contributed by atoms with Gasteiger partial charge in [-0.05, 0) is 12.1 Å². The van der Waals surface area contributed by atoms with Crippen molar-refractivity contribution in [1.29, 1.82) is 0 Å². The Labute approximate surface area is 124 Å². The summed E-state index contributed by atoms with van der Waals surface area (Å²) < 4.78 is 6.64. The molecule has 4 nitrogen and oxygen atoms in total. The van der Waals surface area contributed by atoms with Crippen LogP contribution in [0.5, 0.6) is 5.75 Å². The standard InChI is InChI=1S/C12H9Cl3N2O2/c13-8-3-1-2-4-10(8)19-6-5-17-12(18)11(15)9(14)7-16-17/h1-4,7H,5-6H2. The van der Waals surface area contributed by atoms with E-state index in [9.17, 15) is 4.79 Å². The van der Waals surface area contributed by atoms with Crippen LogP contribution in [0.4, 0.5) is 0 Å². The summed E-state index contributed by atoms with van der Waals surface area (Å²) in [5, 5.41) is 4.47. The molecule has 0 saturated carbocycles. The van der Waals surface area contributed by atoms with Crippen molar-refractivity contribution < 1.29 is 4.74 Å². The second-order valence-electron chi connectivity index (χ2n) is 3.61. The maximum absolute atomic E-state index is 11.7. The van der Waals surface area contributed by atoms with Gasteiger partial charge in [-0.2, -0.15) is 5.10 Å². The number of ether oxygens (including phenoxy) is 1. The molecule has 0 aliphatic heterocycles. The van der Waals surface area contributed by atoms with E-state index in [2.05, 4.69) is 5.10 Å². The molecule has 19 heavy (non-hydrogen) atoms. The lowest BCUT2D eigenvalue weighted by Gasteiger charge is -2.09. The van der Waals surface area contributed by atoms with Crippen LogP contribution in [0.15, 0.2) is 35.3 Å². The van der Waals surface area contributed by atoms with Gasteiger partial charge >= 0.3 is 0 Å². The summed E-state index contributed by atoms with van der Waals surface area (Å²) in [6.07, 6.45) is 1.32. The fourth-order valence-electron chi connectivity index (χ4n) is 1.41. The van der Waals surface area contributed by atoms with Crippen molar-refractivity contribution in [2.75, 3.05) is 6.61 Å². The number of benzene rings is 1. The highest BCUT2D eigenvalue weighted by Crippen LogP contribution is 2.22. The van der Waals surface area contributed by atoms with Crippen LogP contribution in [-0.4, -0.2) is 16.4 Å². The third-order valence-electron chi connectivity index (χ3n) is 2.34. The van der Waals surface area contributed by atoms with E-state index >= 15 is 0 Å². The zero-order valence-corrected chi connectivity index (χ0v) is 11.9. The van der Waals surface area contributed by atoms with Crippen molar-refractivity contribution in [2.24, 2.45) is 0 Å². The topological polar surface area (TPSA) is 44.1 Å². The SMILES string of the molecule is O=c1c(Cl)c(Cl)cnn1CCOc1ccccc1Cl. The largest absolute Gasteiger partial charge is 0.490 e. The molecule has 0 atom stereocenters. The molecule has 0 amide bonds. The fraction of sp³-hybridized carbons (Fsp3) is 0.167. The molecule has 0 bridgehead atoms. The minimum Gasteiger partial charge on any atom is -0.490 e. The lowest BCUT2D eigenvalue weighted by atomic mass is 10.3. The molecule has 0 radical (unpaired) electrons. The number of halogens is 3. The van der Waals surface area contributed by atoms with E-state index in [1.807, 2.05) is 6.07 Å². The Morgan fingerprint density at radius 1 is 1.16 bits per heavy atom. The quantitative estimate of drug-likeness (QED) is 0.868. The molecule has 0 fully saturated rings. The van der Waals surface area contributed by atoms with E-state index in [1.165, 1.54) is 10.9 Å². The lowest BCUT2D eigenvalue weighted by Crippen LogP contribution is -2.26. The van der Waals surface area contributed by atoms with Crippen molar-refractivity contribution in [3.63, 3.8) is 0 Å². The minimum absolute atomic E-state index is 0.0468. The average Bonchev–Trinajstić information content (AvgIpc) is 2.41. The molecule has 0 spiro atoms. The van der Waals surface area contributed by atoms with E-state index in [4.69, 9.17) is 39.5 Å². The second-order valence-corrected chi connectivity index (χ2v) is 4.81. The first-order valence-corrected chi connectivity index (χ1v) is 6.51. The Morgan fingerprint density at radius 2 is 1.89 bits per heavy atom. The van der Waals surface area contributed by atoms with Crippen LogP contribution >= 0.6 is 34.8 Å². The average molecular weight is 320 g/mol. The predicted molar refractivity (Wildman–Crippen MR) is 75.5 cm³/mol. The molecule has 0 saturated heterocycles. The maximum atomic E-state index is 11.7. The first-order valence-electron chi connectivity index (χ1n) is 5.38. The molecule has 1 aromatic carbocycles. The molecule has 0 aliphatic carbocycles. The molecule has 7 heteroatoms. The first-order chi connectivity index (χ1) is 9.09. The molecule has 1 heterocycles. The zero-order chi connectivity index (χ0) is 13.8. The van der Waals surface area contributed by atoms with Crippen LogP contribution in [0.25, 0.3) is 0 Å². The molecule has 0 unspecified atom stereocenters. The van der Waals surface area contributed by atoms with Crippen molar-refractivity contribution in [3.05, 3.63) is 55.9 Å². The molecule has 0 N–H and O–H groups in total. The third-order valence-corrected chi connectivity index (χ3v) is 3.40. The number of hydrogen-bond acceptors (Lipinski definition) is 3. The van der Waals surface area contributed by atoms with Crippen LogP contribution in [0, 0.1) is 0 Å². The molecule has 0 aliphatic rings. The van der Waals surface area contributed by atoms with Gasteiger partial charge in [0.25, 0.3) is 5.56 Å².